The van der Waals surface area contributed by atoms with Gasteiger partial charge in [0.05, 0.1) is 30.5 Å². The van der Waals surface area contributed by atoms with Crippen LogP contribution in [-0.4, -0.2) is 39.8 Å². The van der Waals surface area contributed by atoms with Crippen molar-refractivity contribution in [3.05, 3.63) is 36.3 Å². The minimum Gasteiger partial charge on any atom is -0.447 e. The maximum Gasteiger partial charge on any atom is 0.407 e. The van der Waals surface area contributed by atoms with E-state index in [0.717, 1.165) is 16.8 Å². The van der Waals surface area contributed by atoms with E-state index in [1.807, 2.05) is 45.9 Å². The molecule has 0 saturated carbocycles. The van der Waals surface area contributed by atoms with Gasteiger partial charge in [0.15, 0.2) is 0 Å². The van der Waals surface area contributed by atoms with E-state index in [-0.39, 0.29) is 41.9 Å². The van der Waals surface area contributed by atoms with Crippen molar-refractivity contribution < 1.29 is 24.0 Å². The van der Waals surface area contributed by atoms with E-state index in [9.17, 15) is 14.4 Å². The van der Waals surface area contributed by atoms with Crippen molar-refractivity contribution in [2.45, 2.75) is 79.5 Å². The molecule has 0 unspecified atom stereocenters. The van der Waals surface area contributed by atoms with Crippen LogP contribution in [0.4, 0.5) is 10.5 Å². The van der Waals surface area contributed by atoms with Gasteiger partial charge in [-0.2, -0.15) is 4.73 Å². The Morgan fingerprint density at radius 3 is 2.56 bits per heavy atom. The van der Waals surface area contributed by atoms with Gasteiger partial charge in [-0.15, -0.1) is 0 Å². The SMILES string of the molecule is CC(=O)N1c2ccc(-c3cn(OC(=O)CC(C)(C)C)cn3)cc2[C@@H](NC(=O)OC(C)C)C[C@H]1C. The molecule has 1 aromatic carbocycles. The van der Waals surface area contributed by atoms with E-state index < -0.39 is 6.09 Å². The predicted octanol–water partition coefficient (Wildman–Crippen LogP) is 4.26. The molecular weight excluding hydrogens is 436 g/mol. The van der Waals surface area contributed by atoms with Gasteiger partial charge in [-0.05, 0) is 50.3 Å². The van der Waals surface area contributed by atoms with Crippen molar-refractivity contribution in [3.63, 3.8) is 0 Å². The van der Waals surface area contributed by atoms with Gasteiger partial charge in [0.2, 0.25) is 5.91 Å². The lowest BCUT2D eigenvalue weighted by atomic mass is 9.90. The number of carbonyl (C=O) groups excluding carboxylic acids is 3. The highest BCUT2D eigenvalue weighted by atomic mass is 16.7. The van der Waals surface area contributed by atoms with E-state index >= 15 is 0 Å². The highest BCUT2D eigenvalue weighted by Crippen LogP contribution is 2.39. The third kappa shape index (κ3) is 6.15. The second-order valence-electron chi connectivity index (χ2n) is 10.2. The van der Waals surface area contributed by atoms with Crippen LogP contribution in [0.25, 0.3) is 11.3 Å². The van der Waals surface area contributed by atoms with Crippen molar-refractivity contribution in [3.8, 4) is 11.3 Å². The molecule has 2 aromatic rings. The number of carbonyl (C=O) groups is 3. The summed E-state index contributed by atoms with van der Waals surface area (Å²) in [6, 6.07) is 5.19. The van der Waals surface area contributed by atoms with Crippen molar-refractivity contribution in [1.82, 2.24) is 15.0 Å². The number of ether oxygens (including phenoxy) is 1. The van der Waals surface area contributed by atoms with Crippen LogP contribution in [0.3, 0.4) is 0 Å². The molecular formula is C25H34N4O5. The Hall–Kier alpha value is -3.36. The summed E-state index contributed by atoms with van der Waals surface area (Å²) >= 11 is 0. The number of fused-ring (bicyclic) bond motifs is 1. The summed E-state index contributed by atoms with van der Waals surface area (Å²) in [5, 5.41) is 2.93. The Morgan fingerprint density at radius 2 is 1.94 bits per heavy atom. The van der Waals surface area contributed by atoms with E-state index in [1.54, 1.807) is 24.9 Å². The molecule has 2 atom stereocenters. The van der Waals surface area contributed by atoms with Crippen LogP contribution < -0.4 is 15.1 Å². The molecule has 0 saturated heterocycles. The van der Waals surface area contributed by atoms with Crippen molar-refractivity contribution >= 4 is 23.7 Å². The van der Waals surface area contributed by atoms with Gasteiger partial charge in [0.1, 0.15) is 6.33 Å². The average molecular weight is 471 g/mol. The smallest absolute Gasteiger partial charge is 0.407 e. The summed E-state index contributed by atoms with van der Waals surface area (Å²) in [4.78, 5) is 48.3. The van der Waals surface area contributed by atoms with Crippen LogP contribution in [-0.2, 0) is 14.3 Å². The van der Waals surface area contributed by atoms with E-state index in [0.29, 0.717) is 12.1 Å². The molecule has 0 aliphatic carbocycles. The molecule has 0 spiro atoms. The third-order valence-corrected chi connectivity index (χ3v) is 5.39. The third-order valence-electron chi connectivity index (χ3n) is 5.39. The fourth-order valence-corrected chi connectivity index (χ4v) is 4.12. The van der Waals surface area contributed by atoms with Crippen LogP contribution >= 0.6 is 0 Å². The van der Waals surface area contributed by atoms with E-state index in [2.05, 4.69) is 10.3 Å². The standard InChI is InChI=1S/C25H34N4O5/c1-15(2)33-24(32)27-20-10-16(3)29(17(4)30)22-9-8-18(11-19(20)22)21-13-28(14-26-21)34-23(31)12-25(5,6)7/h8-9,11,13-16,20H,10,12H2,1-7H3,(H,27,32)/t16-,20+/m1/s1. The number of benzene rings is 1. The first-order valence-corrected chi connectivity index (χ1v) is 11.5. The molecule has 0 bridgehead atoms. The summed E-state index contributed by atoms with van der Waals surface area (Å²) in [6.07, 6.45) is 3.14. The van der Waals surface area contributed by atoms with Crippen LogP contribution in [0.15, 0.2) is 30.7 Å². The predicted molar refractivity (Wildman–Crippen MR) is 128 cm³/mol. The molecule has 0 radical (unpaired) electrons. The Kier molecular flexibility index (Phi) is 7.33. The summed E-state index contributed by atoms with van der Waals surface area (Å²) < 4.78 is 6.57. The van der Waals surface area contributed by atoms with Crippen molar-refractivity contribution in [2.75, 3.05) is 4.90 Å². The summed E-state index contributed by atoms with van der Waals surface area (Å²) in [6.45, 7) is 13.0. The number of nitrogens with one attached hydrogen (secondary N) is 1. The lowest BCUT2D eigenvalue weighted by Gasteiger charge is -2.39. The monoisotopic (exact) mass is 470 g/mol. The quantitative estimate of drug-likeness (QED) is 0.700. The number of rotatable bonds is 5. The first kappa shape index (κ1) is 25.3. The van der Waals surface area contributed by atoms with E-state index in [1.165, 1.54) is 18.0 Å². The Balaban J connectivity index is 1.90. The molecule has 1 aliphatic rings. The maximum absolute atomic E-state index is 12.4. The lowest BCUT2D eigenvalue weighted by Crippen LogP contribution is -2.45. The molecule has 3 rings (SSSR count). The number of nitrogens with zero attached hydrogens (tertiary/aromatic N) is 3. The number of alkyl carbamates (subject to hydrolysis) is 1. The number of anilines is 1. The molecule has 34 heavy (non-hydrogen) atoms. The largest absolute Gasteiger partial charge is 0.447 e. The number of imidazole rings is 1. The average Bonchev–Trinajstić information content (AvgIpc) is 3.13. The van der Waals surface area contributed by atoms with Gasteiger partial charge < -0.3 is 19.8 Å². The van der Waals surface area contributed by atoms with Crippen molar-refractivity contribution in [1.29, 1.82) is 0 Å². The molecule has 1 aliphatic heterocycles. The molecule has 1 N–H and O–H groups in total. The minimum absolute atomic E-state index is 0.0697. The normalized spacial score (nSPS) is 17.8. The van der Waals surface area contributed by atoms with Gasteiger partial charge >= 0.3 is 12.1 Å². The first-order valence-electron chi connectivity index (χ1n) is 11.5. The van der Waals surface area contributed by atoms with E-state index in [4.69, 9.17) is 9.57 Å². The zero-order chi connectivity index (χ0) is 25.2. The fraction of sp³-hybridized carbons (Fsp3) is 0.520. The summed E-state index contributed by atoms with van der Waals surface area (Å²) in [5.74, 6) is -0.416. The molecule has 9 nitrogen and oxygen atoms in total. The Labute approximate surface area is 200 Å². The highest BCUT2D eigenvalue weighted by molar-refractivity contribution is 5.94. The zero-order valence-corrected chi connectivity index (χ0v) is 20.9. The lowest BCUT2D eigenvalue weighted by molar-refractivity contribution is -0.146. The molecule has 2 heterocycles. The van der Waals surface area contributed by atoms with Gasteiger partial charge in [-0.3, -0.25) is 4.79 Å². The highest BCUT2D eigenvalue weighted by Gasteiger charge is 2.34. The second kappa shape index (κ2) is 9.87. The Bertz CT molecular complexity index is 1070. The van der Waals surface area contributed by atoms with Crippen LogP contribution in [0.5, 0.6) is 0 Å². The summed E-state index contributed by atoms with van der Waals surface area (Å²) in [7, 11) is 0. The van der Waals surface area contributed by atoms with Gasteiger partial charge in [0, 0.05) is 24.2 Å². The number of hydrogen-bond acceptors (Lipinski definition) is 6. The molecule has 1 aromatic heterocycles. The molecule has 2 amide bonds. The number of hydrogen-bond donors (Lipinski definition) is 1. The zero-order valence-electron chi connectivity index (χ0n) is 20.9. The van der Waals surface area contributed by atoms with Gasteiger partial charge in [-0.1, -0.05) is 26.8 Å². The van der Waals surface area contributed by atoms with Gasteiger partial charge in [-0.25, -0.2) is 14.6 Å². The topological polar surface area (TPSA) is 103 Å². The molecule has 9 heteroatoms. The minimum atomic E-state index is -0.505. The van der Waals surface area contributed by atoms with Crippen LogP contribution in [0.2, 0.25) is 0 Å². The van der Waals surface area contributed by atoms with Crippen LogP contribution in [0, 0.1) is 5.41 Å². The summed E-state index contributed by atoms with van der Waals surface area (Å²) in [5.41, 5.74) is 2.72. The molecule has 0 fully saturated rings. The number of amides is 2. The first-order chi connectivity index (χ1) is 15.8. The number of aromatic nitrogens is 2. The second-order valence-corrected chi connectivity index (χ2v) is 10.2. The van der Waals surface area contributed by atoms with Crippen molar-refractivity contribution in [2.24, 2.45) is 5.41 Å². The van der Waals surface area contributed by atoms with Gasteiger partial charge in [0.25, 0.3) is 0 Å². The fourth-order valence-electron chi connectivity index (χ4n) is 4.12. The van der Waals surface area contributed by atoms with Crippen LogP contribution in [0.1, 0.15) is 72.9 Å². The maximum atomic E-state index is 12.4. The Morgan fingerprint density at radius 1 is 1.24 bits per heavy atom. The molecule has 184 valence electrons.